The molecule has 194 valence electrons. The van der Waals surface area contributed by atoms with Crippen molar-refractivity contribution in [2.24, 2.45) is 0 Å². The number of rotatable bonds is 6. The summed E-state index contributed by atoms with van der Waals surface area (Å²) in [6.07, 6.45) is 4.28. The van der Waals surface area contributed by atoms with Crippen molar-refractivity contribution in [1.29, 1.82) is 0 Å². The molecular weight excluding hydrogens is 494 g/mol. The monoisotopic (exact) mass is 519 g/mol. The summed E-state index contributed by atoms with van der Waals surface area (Å²) in [4.78, 5) is 27.8. The van der Waals surface area contributed by atoms with Crippen LogP contribution in [0.2, 0.25) is 0 Å². The van der Waals surface area contributed by atoms with Crippen molar-refractivity contribution in [3.05, 3.63) is 95.1 Å². The number of nitrogens with two attached hydrogens (primary N) is 1. The first-order valence-corrected chi connectivity index (χ1v) is 12.3. The van der Waals surface area contributed by atoms with Crippen LogP contribution in [-0.2, 0) is 13.1 Å². The molecule has 4 aromatic heterocycles. The summed E-state index contributed by atoms with van der Waals surface area (Å²) >= 11 is 0. The fourth-order valence-corrected chi connectivity index (χ4v) is 4.90. The Hall–Kier alpha value is -5.09. The van der Waals surface area contributed by atoms with Crippen LogP contribution >= 0.6 is 0 Å². The topological polar surface area (TPSA) is 136 Å². The average molecular weight is 520 g/mol. The third kappa shape index (κ3) is 4.47. The van der Waals surface area contributed by atoms with Crippen LogP contribution in [0.25, 0.3) is 44.2 Å². The molecule has 2 aromatic carbocycles. The Morgan fingerprint density at radius 1 is 1.00 bits per heavy atom. The highest BCUT2D eigenvalue weighted by molar-refractivity contribution is 5.99. The maximum atomic E-state index is 13.1. The standard InChI is InChI=1S/C29H25N7O3/c1-35(2)14-17-6-5-7-18(10-17)24-21-8-3-4-9-22(21)29(38)39-23(24)15-36-28-25(27(30)32-16-33-28)26(34-36)19-11-20(37)13-31-12-19/h3-13,16,37H,14-15H2,1-2H3,(H2,30,32,33). The predicted molar refractivity (Wildman–Crippen MR) is 149 cm³/mol. The molecule has 0 aliphatic carbocycles. The Kier molecular flexibility index (Phi) is 6.01. The molecule has 0 unspecified atom stereocenters. The Morgan fingerprint density at radius 3 is 2.62 bits per heavy atom. The summed E-state index contributed by atoms with van der Waals surface area (Å²) in [5, 5.41) is 16.6. The van der Waals surface area contributed by atoms with E-state index in [2.05, 4.69) is 32.0 Å². The lowest BCUT2D eigenvalue weighted by Gasteiger charge is -2.15. The van der Waals surface area contributed by atoms with Crippen molar-refractivity contribution in [1.82, 2.24) is 29.6 Å². The van der Waals surface area contributed by atoms with Gasteiger partial charge in [0.25, 0.3) is 0 Å². The number of hydrogen-bond acceptors (Lipinski definition) is 9. The minimum absolute atomic E-state index is 0.00830. The number of aromatic nitrogens is 5. The number of hydrogen-bond donors (Lipinski definition) is 2. The third-order valence-corrected chi connectivity index (χ3v) is 6.47. The predicted octanol–water partition coefficient (Wildman–Crippen LogP) is 4.06. The molecule has 0 amide bonds. The molecule has 39 heavy (non-hydrogen) atoms. The third-order valence-electron chi connectivity index (χ3n) is 6.47. The Bertz CT molecular complexity index is 1910. The molecule has 0 aliphatic rings. The van der Waals surface area contributed by atoms with Crippen molar-refractivity contribution in [2.75, 3.05) is 19.8 Å². The number of benzene rings is 2. The van der Waals surface area contributed by atoms with Gasteiger partial charge in [0.1, 0.15) is 35.9 Å². The second kappa shape index (κ2) is 9.66. The van der Waals surface area contributed by atoms with Crippen LogP contribution in [0, 0.1) is 0 Å². The summed E-state index contributed by atoms with van der Waals surface area (Å²) in [6, 6.07) is 17.2. The van der Waals surface area contributed by atoms with Crippen LogP contribution in [-0.4, -0.2) is 48.8 Å². The molecule has 0 atom stereocenters. The number of pyridine rings is 1. The Balaban J connectivity index is 1.58. The lowest BCUT2D eigenvalue weighted by atomic mass is 9.96. The molecule has 0 saturated heterocycles. The summed E-state index contributed by atoms with van der Waals surface area (Å²) in [6.45, 7) is 0.867. The largest absolute Gasteiger partial charge is 0.506 e. The molecule has 6 aromatic rings. The van der Waals surface area contributed by atoms with Gasteiger partial charge in [-0.05, 0) is 43.4 Å². The first-order chi connectivity index (χ1) is 18.9. The lowest BCUT2D eigenvalue weighted by Crippen LogP contribution is -2.11. The lowest BCUT2D eigenvalue weighted by molar-refractivity contribution is 0.402. The highest BCUT2D eigenvalue weighted by Crippen LogP contribution is 2.35. The maximum absolute atomic E-state index is 13.1. The van der Waals surface area contributed by atoms with Gasteiger partial charge in [0, 0.05) is 29.3 Å². The van der Waals surface area contributed by atoms with E-state index in [4.69, 9.17) is 15.2 Å². The van der Waals surface area contributed by atoms with Gasteiger partial charge in [-0.25, -0.2) is 19.4 Å². The Morgan fingerprint density at radius 2 is 1.82 bits per heavy atom. The fraction of sp³-hybridized carbons (Fsp3) is 0.138. The van der Waals surface area contributed by atoms with Gasteiger partial charge in [-0.1, -0.05) is 36.4 Å². The van der Waals surface area contributed by atoms with Gasteiger partial charge < -0.3 is 20.2 Å². The van der Waals surface area contributed by atoms with E-state index in [1.165, 1.54) is 12.5 Å². The number of anilines is 1. The number of fused-ring (bicyclic) bond motifs is 2. The van der Waals surface area contributed by atoms with Gasteiger partial charge in [-0.3, -0.25) is 4.98 Å². The van der Waals surface area contributed by atoms with Crippen LogP contribution in [0.4, 0.5) is 5.82 Å². The van der Waals surface area contributed by atoms with E-state index < -0.39 is 5.63 Å². The van der Waals surface area contributed by atoms with Crippen LogP contribution in [0.5, 0.6) is 5.75 Å². The van der Waals surface area contributed by atoms with Crippen molar-refractivity contribution < 1.29 is 9.52 Å². The zero-order chi connectivity index (χ0) is 27.1. The van der Waals surface area contributed by atoms with Gasteiger partial charge in [-0.15, -0.1) is 0 Å². The van der Waals surface area contributed by atoms with Gasteiger partial charge in [0.05, 0.1) is 17.0 Å². The molecular formula is C29H25N7O3. The number of aromatic hydroxyl groups is 1. The van der Waals surface area contributed by atoms with E-state index in [1.807, 2.05) is 44.4 Å². The molecule has 0 spiro atoms. The first-order valence-electron chi connectivity index (χ1n) is 12.3. The maximum Gasteiger partial charge on any atom is 0.343 e. The number of nitrogens with zero attached hydrogens (tertiary/aromatic N) is 6. The summed E-state index contributed by atoms with van der Waals surface area (Å²) in [5.74, 6) is 0.662. The molecule has 10 heteroatoms. The van der Waals surface area contributed by atoms with Gasteiger partial charge in [0.2, 0.25) is 0 Å². The van der Waals surface area contributed by atoms with Crippen molar-refractivity contribution in [3.63, 3.8) is 0 Å². The average Bonchev–Trinajstić information content (AvgIpc) is 3.28. The summed E-state index contributed by atoms with van der Waals surface area (Å²) < 4.78 is 7.59. The molecule has 6 rings (SSSR count). The van der Waals surface area contributed by atoms with E-state index in [1.54, 1.807) is 23.0 Å². The molecule has 0 fully saturated rings. The van der Waals surface area contributed by atoms with Crippen LogP contribution in [0.1, 0.15) is 11.3 Å². The normalized spacial score (nSPS) is 11.6. The second-order valence-electron chi connectivity index (χ2n) is 9.57. The van der Waals surface area contributed by atoms with E-state index >= 15 is 0 Å². The van der Waals surface area contributed by atoms with Crippen LogP contribution in [0.3, 0.4) is 0 Å². The molecule has 0 aliphatic heterocycles. The van der Waals surface area contributed by atoms with E-state index in [0.29, 0.717) is 33.4 Å². The quantitative estimate of drug-likeness (QED) is 0.334. The Labute approximate surface area is 223 Å². The minimum Gasteiger partial charge on any atom is -0.506 e. The van der Waals surface area contributed by atoms with Crippen LogP contribution < -0.4 is 11.4 Å². The van der Waals surface area contributed by atoms with Gasteiger partial charge in [-0.2, -0.15) is 5.10 Å². The van der Waals surface area contributed by atoms with E-state index in [9.17, 15) is 9.90 Å². The molecule has 10 nitrogen and oxygen atoms in total. The molecule has 0 bridgehead atoms. The highest BCUT2D eigenvalue weighted by Gasteiger charge is 2.22. The SMILES string of the molecule is CN(C)Cc1cccc(-c2c(Cn3nc(-c4cncc(O)c4)c4c(N)ncnc43)oc(=O)c3ccccc23)c1. The fourth-order valence-electron chi connectivity index (χ4n) is 4.90. The van der Waals surface area contributed by atoms with Crippen molar-refractivity contribution >= 4 is 27.6 Å². The second-order valence-corrected chi connectivity index (χ2v) is 9.57. The zero-order valence-corrected chi connectivity index (χ0v) is 21.4. The first kappa shape index (κ1) is 24.3. The molecule has 0 saturated carbocycles. The summed E-state index contributed by atoms with van der Waals surface area (Å²) in [7, 11) is 4.04. The van der Waals surface area contributed by atoms with E-state index in [-0.39, 0.29) is 18.1 Å². The van der Waals surface area contributed by atoms with E-state index in [0.717, 1.165) is 28.6 Å². The molecule has 3 N–H and O–H groups in total. The summed E-state index contributed by atoms with van der Waals surface area (Å²) in [5.41, 5.74) is 10.1. The van der Waals surface area contributed by atoms with Crippen molar-refractivity contribution in [3.8, 4) is 28.1 Å². The van der Waals surface area contributed by atoms with Gasteiger partial charge >= 0.3 is 5.63 Å². The molecule has 0 radical (unpaired) electrons. The highest BCUT2D eigenvalue weighted by atomic mass is 16.4. The van der Waals surface area contributed by atoms with Gasteiger partial charge in [0.15, 0.2) is 5.65 Å². The van der Waals surface area contributed by atoms with Crippen molar-refractivity contribution in [2.45, 2.75) is 13.1 Å². The van der Waals surface area contributed by atoms with Crippen LogP contribution in [0.15, 0.2) is 82.5 Å². The number of nitrogen functional groups attached to an aromatic ring is 1. The minimum atomic E-state index is -0.434. The zero-order valence-electron chi connectivity index (χ0n) is 21.4. The molecule has 4 heterocycles. The smallest absolute Gasteiger partial charge is 0.343 e.